The minimum atomic E-state index is 0.439. The zero-order valence-electron chi connectivity index (χ0n) is 9.01. The maximum Gasteiger partial charge on any atom is 0.210 e. The topological polar surface area (TPSA) is 50.6 Å². The molecular formula is C10H12N4OS. The van der Waals surface area contributed by atoms with Gasteiger partial charge in [-0.05, 0) is 25.1 Å². The van der Waals surface area contributed by atoms with E-state index in [1.54, 1.807) is 7.11 Å². The van der Waals surface area contributed by atoms with Crippen LogP contribution in [0.5, 0.6) is 5.75 Å². The number of ether oxygens (including phenoxy) is 1. The average molecular weight is 236 g/mol. The second kappa shape index (κ2) is 5.01. The SMILES string of the molecule is COc1c(N=C=S)ncnc1N1CCCC1. The smallest absolute Gasteiger partial charge is 0.210 e. The Morgan fingerprint density at radius 2 is 2.19 bits per heavy atom. The first-order valence-corrected chi connectivity index (χ1v) is 5.49. The van der Waals surface area contributed by atoms with Gasteiger partial charge in [-0.3, -0.25) is 0 Å². The number of hydrogen-bond acceptors (Lipinski definition) is 6. The van der Waals surface area contributed by atoms with Gasteiger partial charge in [0, 0.05) is 13.1 Å². The molecule has 6 heteroatoms. The van der Waals surface area contributed by atoms with Crippen LogP contribution in [0.2, 0.25) is 0 Å². The van der Waals surface area contributed by atoms with Gasteiger partial charge in [0.1, 0.15) is 6.33 Å². The Morgan fingerprint density at radius 3 is 2.81 bits per heavy atom. The lowest BCUT2D eigenvalue weighted by atomic mass is 10.4. The van der Waals surface area contributed by atoms with Gasteiger partial charge >= 0.3 is 0 Å². The fourth-order valence-electron chi connectivity index (χ4n) is 1.82. The molecule has 1 aliphatic heterocycles. The molecule has 2 heterocycles. The molecule has 1 aliphatic rings. The molecule has 0 aliphatic carbocycles. The van der Waals surface area contributed by atoms with E-state index >= 15 is 0 Å². The predicted octanol–water partition coefficient (Wildman–Crippen LogP) is 1.82. The minimum absolute atomic E-state index is 0.439. The van der Waals surface area contributed by atoms with Gasteiger partial charge < -0.3 is 9.64 Å². The van der Waals surface area contributed by atoms with Crippen molar-refractivity contribution in [3.05, 3.63) is 6.33 Å². The van der Waals surface area contributed by atoms with Gasteiger partial charge in [0.15, 0.2) is 5.82 Å². The molecule has 0 unspecified atom stereocenters. The van der Waals surface area contributed by atoms with Crippen molar-refractivity contribution >= 4 is 29.0 Å². The lowest BCUT2D eigenvalue weighted by molar-refractivity contribution is 0.412. The maximum absolute atomic E-state index is 5.29. The van der Waals surface area contributed by atoms with Crippen LogP contribution in [0.4, 0.5) is 11.6 Å². The maximum atomic E-state index is 5.29. The minimum Gasteiger partial charge on any atom is -0.490 e. The molecule has 16 heavy (non-hydrogen) atoms. The van der Waals surface area contributed by atoms with Crippen LogP contribution in [0.1, 0.15) is 12.8 Å². The summed E-state index contributed by atoms with van der Waals surface area (Å²) in [6, 6.07) is 0. The third-order valence-electron chi connectivity index (χ3n) is 2.53. The summed E-state index contributed by atoms with van der Waals surface area (Å²) in [5.74, 6) is 1.80. The molecule has 0 spiro atoms. The van der Waals surface area contributed by atoms with Gasteiger partial charge in [-0.25, -0.2) is 9.97 Å². The molecule has 0 aromatic carbocycles. The first kappa shape index (κ1) is 11.0. The highest BCUT2D eigenvalue weighted by atomic mass is 32.1. The Balaban J connectivity index is 2.43. The standard InChI is InChI=1S/C10H12N4OS/c1-15-8-9(13-7-16)11-6-12-10(8)14-4-2-3-5-14/h6H,2-5H2,1H3. The Kier molecular flexibility index (Phi) is 3.44. The number of thiocarbonyl (C=S) groups is 1. The fraction of sp³-hybridized carbons (Fsp3) is 0.500. The van der Waals surface area contributed by atoms with Crippen molar-refractivity contribution in [2.24, 2.45) is 4.99 Å². The van der Waals surface area contributed by atoms with E-state index < -0.39 is 0 Å². The van der Waals surface area contributed by atoms with Crippen molar-refractivity contribution in [2.75, 3.05) is 25.1 Å². The van der Waals surface area contributed by atoms with Crippen LogP contribution in [0.15, 0.2) is 11.3 Å². The third kappa shape index (κ3) is 2.03. The summed E-state index contributed by atoms with van der Waals surface area (Å²) in [6.45, 7) is 1.99. The summed E-state index contributed by atoms with van der Waals surface area (Å²) >= 11 is 4.57. The van der Waals surface area contributed by atoms with E-state index in [4.69, 9.17) is 4.74 Å². The van der Waals surface area contributed by atoms with Crippen LogP contribution < -0.4 is 9.64 Å². The fourth-order valence-corrected chi connectivity index (χ4v) is 1.90. The Bertz CT molecular complexity index is 425. The van der Waals surface area contributed by atoms with Crippen LogP contribution in [0.25, 0.3) is 0 Å². The molecule has 1 aromatic rings. The van der Waals surface area contributed by atoms with Gasteiger partial charge in [-0.2, -0.15) is 4.99 Å². The average Bonchev–Trinajstić information content (AvgIpc) is 2.82. The van der Waals surface area contributed by atoms with Crippen LogP contribution in [-0.4, -0.2) is 35.3 Å². The highest BCUT2D eigenvalue weighted by Gasteiger charge is 2.20. The van der Waals surface area contributed by atoms with Crippen LogP contribution in [-0.2, 0) is 0 Å². The van der Waals surface area contributed by atoms with Crippen LogP contribution >= 0.6 is 12.2 Å². The highest BCUT2D eigenvalue weighted by Crippen LogP contribution is 2.34. The molecule has 0 radical (unpaired) electrons. The second-order valence-corrected chi connectivity index (χ2v) is 3.63. The van der Waals surface area contributed by atoms with E-state index in [2.05, 4.69) is 37.2 Å². The molecule has 0 amide bonds. The number of aromatic nitrogens is 2. The van der Waals surface area contributed by atoms with Crippen molar-refractivity contribution in [1.29, 1.82) is 0 Å². The number of anilines is 1. The van der Waals surface area contributed by atoms with Crippen molar-refractivity contribution in [3.63, 3.8) is 0 Å². The number of nitrogens with zero attached hydrogens (tertiary/aromatic N) is 4. The van der Waals surface area contributed by atoms with Gasteiger partial charge in [0.05, 0.1) is 12.3 Å². The quantitative estimate of drug-likeness (QED) is 0.592. The van der Waals surface area contributed by atoms with Crippen LogP contribution in [0, 0.1) is 0 Å². The lowest BCUT2D eigenvalue weighted by Crippen LogP contribution is -2.19. The first-order valence-electron chi connectivity index (χ1n) is 5.08. The summed E-state index contributed by atoms with van der Waals surface area (Å²) in [5.41, 5.74) is 0. The van der Waals surface area contributed by atoms with Gasteiger partial charge in [-0.15, -0.1) is 0 Å². The second-order valence-electron chi connectivity index (χ2n) is 3.45. The van der Waals surface area contributed by atoms with Gasteiger partial charge in [0.25, 0.3) is 0 Å². The summed E-state index contributed by atoms with van der Waals surface area (Å²) in [4.78, 5) is 14.3. The molecule has 2 rings (SSSR count). The molecule has 0 bridgehead atoms. The molecule has 84 valence electrons. The van der Waals surface area contributed by atoms with Crippen molar-refractivity contribution in [1.82, 2.24) is 9.97 Å². The van der Waals surface area contributed by atoms with Crippen molar-refractivity contribution < 1.29 is 4.74 Å². The molecule has 0 saturated carbocycles. The normalized spacial score (nSPS) is 14.7. The number of isothiocyanates is 1. The summed E-state index contributed by atoms with van der Waals surface area (Å²) in [5, 5.41) is 2.30. The summed E-state index contributed by atoms with van der Waals surface area (Å²) in [7, 11) is 1.58. The molecule has 1 saturated heterocycles. The molecule has 5 nitrogen and oxygen atoms in total. The molecule has 1 fully saturated rings. The number of hydrogen-bond donors (Lipinski definition) is 0. The van der Waals surface area contributed by atoms with E-state index in [-0.39, 0.29) is 0 Å². The largest absolute Gasteiger partial charge is 0.490 e. The van der Waals surface area contributed by atoms with Gasteiger partial charge in [-0.1, -0.05) is 0 Å². The Labute approximate surface area is 99.2 Å². The zero-order chi connectivity index (χ0) is 11.4. The molecular weight excluding hydrogens is 224 g/mol. The monoisotopic (exact) mass is 236 g/mol. The summed E-state index contributed by atoms with van der Waals surface area (Å²) in [6.07, 6.45) is 3.83. The number of methoxy groups -OCH3 is 1. The lowest BCUT2D eigenvalue weighted by Gasteiger charge is -2.18. The molecule has 0 atom stereocenters. The zero-order valence-corrected chi connectivity index (χ0v) is 9.83. The van der Waals surface area contributed by atoms with Crippen LogP contribution in [0.3, 0.4) is 0 Å². The van der Waals surface area contributed by atoms with E-state index in [1.165, 1.54) is 19.2 Å². The van der Waals surface area contributed by atoms with E-state index in [9.17, 15) is 0 Å². The molecule has 1 aromatic heterocycles. The van der Waals surface area contributed by atoms with Gasteiger partial charge in [0.2, 0.25) is 11.6 Å². The van der Waals surface area contributed by atoms with E-state index in [1.807, 2.05) is 0 Å². The molecule has 0 N–H and O–H groups in total. The Morgan fingerprint density at radius 1 is 1.44 bits per heavy atom. The Hall–Kier alpha value is -1.52. The highest BCUT2D eigenvalue weighted by molar-refractivity contribution is 7.78. The number of aliphatic imine (C=N–C) groups is 1. The van der Waals surface area contributed by atoms with Crippen molar-refractivity contribution in [3.8, 4) is 5.75 Å². The number of rotatable bonds is 3. The summed E-state index contributed by atoms with van der Waals surface area (Å²) < 4.78 is 5.29. The predicted molar refractivity (Wildman–Crippen MR) is 64.7 cm³/mol. The van der Waals surface area contributed by atoms with E-state index in [0.717, 1.165) is 18.9 Å². The third-order valence-corrected chi connectivity index (χ3v) is 2.62. The van der Waals surface area contributed by atoms with Crippen molar-refractivity contribution in [2.45, 2.75) is 12.8 Å². The van der Waals surface area contributed by atoms with E-state index in [0.29, 0.717) is 11.6 Å². The first-order chi connectivity index (χ1) is 7.86.